The van der Waals surface area contributed by atoms with E-state index in [1.165, 1.54) is 18.4 Å². The molecule has 0 aromatic heterocycles. The maximum Gasteiger partial charge on any atom is 0.242 e. The van der Waals surface area contributed by atoms with E-state index in [4.69, 9.17) is 5.73 Å². The van der Waals surface area contributed by atoms with Crippen LogP contribution >= 0.6 is 24.8 Å². The molecule has 0 radical (unpaired) electrons. The first kappa shape index (κ1) is 28.2. The Morgan fingerprint density at radius 3 is 2.08 bits per heavy atom. The molecule has 0 bridgehead atoms. The molecule has 36 heavy (non-hydrogen) atoms. The van der Waals surface area contributed by atoms with E-state index in [1.54, 1.807) is 0 Å². The zero-order valence-corrected chi connectivity index (χ0v) is 22.4. The number of fused-ring (bicyclic) bond motifs is 1. The molecular formula is C30H37Cl2N3O. The molecule has 0 spiro atoms. The van der Waals surface area contributed by atoms with Crippen LogP contribution in [0.1, 0.15) is 48.3 Å². The number of halogens is 2. The van der Waals surface area contributed by atoms with Gasteiger partial charge in [-0.3, -0.25) is 4.79 Å². The number of anilines is 1. The highest BCUT2D eigenvalue weighted by molar-refractivity contribution is 6.10. The van der Waals surface area contributed by atoms with Crippen molar-refractivity contribution >= 4 is 36.4 Å². The predicted molar refractivity (Wildman–Crippen MR) is 154 cm³/mol. The third-order valence-corrected chi connectivity index (χ3v) is 7.78. The van der Waals surface area contributed by atoms with Crippen molar-refractivity contribution in [2.75, 3.05) is 37.6 Å². The number of rotatable bonds is 8. The van der Waals surface area contributed by atoms with E-state index in [0.717, 1.165) is 49.3 Å². The van der Waals surface area contributed by atoms with Gasteiger partial charge in [-0.15, -0.1) is 24.8 Å². The summed E-state index contributed by atoms with van der Waals surface area (Å²) in [7, 11) is 0. The highest BCUT2D eigenvalue weighted by atomic mass is 35.5. The molecule has 1 saturated heterocycles. The van der Waals surface area contributed by atoms with E-state index in [9.17, 15) is 4.79 Å². The molecule has 2 aliphatic heterocycles. The largest absolute Gasteiger partial charge is 0.330 e. The van der Waals surface area contributed by atoms with E-state index in [-0.39, 0.29) is 30.7 Å². The van der Waals surface area contributed by atoms with Gasteiger partial charge in [0, 0.05) is 12.2 Å². The maximum atomic E-state index is 14.2. The molecule has 2 N–H and O–H groups in total. The summed E-state index contributed by atoms with van der Waals surface area (Å²) in [6.07, 6.45) is 3.95. The summed E-state index contributed by atoms with van der Waals surface area (Å²) < 4.78 is 0. The van der Waals surface area contributed by atoms with Crippen LogP contribution in [-0.2, 0) is 10.2 Å². The zero-order valence-electron chi connectivity index (χ0n) is 20.7. The highest BCUT2D eigenvalue weighted by Crippen LogP contribution is 2.48. The minimum absolute atomic E-state index is 0. The monoisotopic (exact) mass is 525 g/mol. The van der Waals surface area contributed by atoms with E-state index in [0.29, 0.717) is 19.0 Å². The fraction of sp³-hybridized carbons (Fsp3) is 0.367. The van der Waals surface area contributed by atoms with Gasteiger partial charge in [0.1, 0.15) is 5.41 Å². The third kappa shape index (κ3) is 5.33. The Kier molecular flexibility index (Phi) is 9.98. The lowest BCUT2D eigenvalue weighted by Crippen LogP contribution is -2.45. The topological polar surface area (TPSA) is 49.6 Å². The standard InChI is InChI=1S/C30H35N3O.2ClH/c31-19-9-20-33-28-15-8-7-14-27(28)30(29(33)34,26-12-5-2-6-13-26)18-23-32-21-16-25(17-22-32)24-10-3-1-4-11-24;;/h1-8,10-15,25H,9,16-23,31H2;2*1H. The second-order valence-electron chi connectivity index (χ2n) is 9.66. The van der Waals surface area contributed by atoms with Crippen molar-refractivity contribution in [3.8, 4) is 0 Å². The van der Waals surface area contributed by atoms with Gasteiger partial charge in [-0.2, -0.15) is 0 Å². The molecule has 1 fully saturated rings. The minimum atomic E-state index is -0.636. The Balaban J connectivity index is 0.00000180. The van der Waals surface area contributed by atoms with Gasteiger partial charge in [0.05, 0.1) is 0 Å². The van der Waals surface area contributed by atoms with Crippen molar-refractivity contribution in [2.24, 2.45) is 5.73 Å². The predicted octanol–water partition coefficient (Wildman–Crippen LogP) is 5.78. The number of nitrogens with zero attached hydrogens (tertiary/aromatic N) is 2. The fourth-order valence-electron chi connectivity index (χ4n) is 5.92. The number of hydrogen-bond acceptors (Lipinski definition) is 3. The molecule has 6 heteroatoms. The Labute approximate surface area is 227 Å². The van der Waals surface area contributed by atoms with Crippen molar-refractivity contribution < 1.29 is 4.79 Å². The van der Waals surface area contributed by atoms with Crippen LogP contribution in [0, 0.1) is 0 Å². The number of hydrogen-bond donors (Lipinski definition) is 1. The van der Waals surface area contributed by atoms with Gasteiger partial charge in [0.25, 0.3) is 0 Å². The van der Waals surface area contributed by atoms with Gasteiger partial charge >= 0.3 is 0 Å². The van der Waals surface area contributed by atoms with Crippen molar-refractivity contribution in [1.82, 2.24) is 4.90 Å². The lowest BCUT2D eigenvalue weighted by molar-refractivity contribution is -0.122. The van der Waals surface area contributed by atoms with Crippen LogP contribution in [-0.4, -0.2) is 43.5 Å². The van der Waals surface area contributed by atoms with Gasteiger partial charge in [-0.25, -0.2) is 0 Å². The van der Waals surface area contributed by atoms with Crippen molar-refractivity contribution in [3.63, 3.8) is 0 Å². The van der Waals surface area contributed by atoms with Gasteiger partial charge in [-0.05, 0) is 80.5 Å². The molecule has 3 aromatic carbocycles. The van der Waals surface area contributed by atoms with Gasteiger partial charge in [0.2, 0.25) is 5.91 Å². The summed E-state index contributed by atoms with van der Waals surface area (Å²) >= 11 is 0. The lowest BCUT2D eigenvalue weighted by Gasteiger charge is -2.36. The molecule has 192 valence electrons. The average Bonchev–Trinajstić information content (AvgIpc) is 3.15. The number of nitrogens with two attached hydrogens (primary N) is 1. The number of likely N-dealkylation sites (tertiary alicyclic amines) is 1. The molecule has 4 nitrogen and oxygen atoms in total. The molecule has 5 rings (SSSR count). The first-order chi connectivity index (χ1) is 16.7. The smallest absolute Gasteiger partial charge is 0.242 e. The molecule has 2 aliphatic rings. The molecule has 0 aliphatic carbocycles. The third-order valence-electron chi connectivity index (χ3n) is 7.78. The fourth-order valence-corrected chi connectivity index (χ4v) is 5.92. The molecule has 2 heterocycles. The van der Waals surface area contributed by atoms with Gasteiger partial charge < -0.3 is 15.5 Å². The normalized spacial score (nSPS) is 19.9. The summed E-state index contributed by atoms with van der Waals surface area (Å²) in [5, 5.41) is 0. The molecule has 0 saturated carbocycles. The Morgan fingerprint density at radius 2 is 1.42 bits per heavy atom. The van der Waals surface area contributed by atoms with Crippen LogP contribution < -0.4 is 10.6 Å². The van der Waals surface area contributed by atoms with Crippen LogP contribution in [0.3, 0.4) is 0 Å². The number of carbonyl (C=O) groups excluding carboxylic acids is 1. The molecular weight excluding hydrogens is 489 g/mol. The summed E-state index contributed by atoms with van der Waals surface area (Å²) in [4.78, 5) is 18.7. The Bertz CT molecular complexity index is 1100. The highest BCUT2D eigenvalue weighted by Gasteiger charge is 2.51. The van der Waals surface area contributed by atoms with Crippen molar-refractivity contribution in [3.05, 3.63) is 102 Å². The summed E-state index contributed by atoms with van der Waals surface area (Å²) in [5.41, 5.74) is 9.92. The SMILES string of the molecule is Cl.Cl.NCCCN1C(=O)C(CCN2CCC(c3ccccc3)CC2)(c2ccccc2)c2ccccc21. The van der Waals surface area contributed by atoms with Crippen molar-refractivity contribution in [2.45, 2.75) is 37.0 Å². The summed E-state index contributed by atoms with van der Waals surface area (Å²) in [6, 6.07) is 29.7. The van der Waals surface area contributed by atoms with Crippen LogP contribution in [0.4, 0.5) is 5.69 Å². The quantitative estimate of drug-likeness (QED) is 0.405. The van der Waals surface area contributed by atoms with Crippen LogP contribution in [0.2, 0.25) is 0 Å². The van der Waals surface area contributed by atoms with E-state index in [1.807, 2.05) is 17.0 Å². The molecule has 3 aromatic rings. The Hall–Kier alpha value is -2.37. The Morgan fingerprint density at radius 1 is 0.806 bits per heavy atom. The average molecular weight is 527 g/mol. The van der Waals surface area contributed by atoms with Crippen LogP contribution in [0.5, 0.6) is 0 Å². The number of amides is 1. The lowest BCUT2D eigenvalue weighted by atomic mass is 9.72. The summed E-state index contributed by atoms with van der Waals surface area (Å²) in [5.74, 6) is 0.841. The summed E-state index contributed by atoms with van der Waals surface area (Å²) in [6.45, 7) is 4.33. The second-order valence-corrected chi connectivity index (χ2v) is 9.66. The zero-order chi connectivity index (χ0) is 23.4. The van der Waals surface area contributed by atoms with Gasteiger partial charge in [0.15, 0.2) is 0 Å². The first-order valence-electron chi connectivity index (χ1n) is 12.7. The molecule has 1 unspecified atom stereocenters. The van der Waals surface area contributed by atoms with Gasteiger partial charge in [-0.1, -0.05) is 78.9 Å². The number of para-hydroxylation sites is 1. The molecule has 1 amide bonds. The number of benzene rings is 3. The maximum absolute atomic E-state index is 14.2. The van der Waals surface area contributed by atoms with Crippen LogP contribution in [0.25, 0.3) is 0 Å². The molecule has 1 atom stereocenters. The van der Waals surface area contributed by atoms with E-state index >= 15 is 0 Å². The van der Waals surface area contributed by atoms with E-state index in [2.05, 4.69) is 77.7 Å². The minimum Gasteiger partial charge on any atom is -0.330 e. The number of piperidine rings is 1. The van der Waals surface area contributed by atoms with Crippen LogP contribution in [0.15, 0.2) is 84.9 Å². The second kappa shape index (κ2) is 12.7. The van der Waals surface area contributed by atoms with E-state index < -0.39 is 5.41 Å². The number of carbonyl (C=O) groups is 1. The van der Waals surface area contributed by atoms with Crippen molar-refractivity contribution in [1.29, 1.82) is 0 Å². The first-order valence-corrected chi connectivity index (χ1v) is 12.7.